The average molecular weight is 560 g/mol. The molecule has 0 saturated carbocycles. The number of aliphatic hydroxyl groups excluding tert-OH is 1. The maximum absolute atomic E-state index is 13.8. The molecular formula is C30H29N3O6S. The van der Waals surface area contributed by atoms with E-state index in [4.69, 9.17) is 4.74 Å². The van der Waals surface area contributed by atoms with Crippen molar-refractivity contribution >= 4 is 20.9 Å². The van der Waals surface area contributed by atoms with Crippen molar-refractivity contribution in [2.24, 2.45) is 14.1 Å². The summed E-state index contributed by atoms with van der Waals surface area (Å²) in [5.74, 6) is 0.971. The highest BCUT2D eigenvalue weighted by Crippen LogP contribution is 2.39. The van der Waals surface area contributed by atoms with Crippen molar-refractivity contribution in [1.82, 2.24) is 13.1 Å². The number of aliphatic hydroxyl groups is 1. The van der Waals surface area contributed by atoms with Crippen LogP contribution >= 0.6 is 0 Å². The summed E-state index contributed by atoms with van der Waals surface area (Å²) >= 11 is 0. The Balaban J connectivity index is 1.84. The summed E-state index contributed by atoms with van der Waals surface area (Å²) in [6.07, 6.45) is 3.11. The number of nitrogens with zero attached hydrogens (tertiary/aromatic N) is 3. The Labute approximate surface area is 231 Å². The molecule has 40 heavy (non-hydrogen) atoms. The number of aromatic nitrogens is 3. The summed E-state index contributed by atoms with van der Waals surface area (Å²) in [5, 5.41) is 10.5. The molecule has 0 amide bonds. The van der Waals surface area contributed by atoms with Gasteiger partial charge in [0, 0.05) is 42.9 Å². The third-order valence-electron chi connectivity index (χ3n) is 6.99. The van der Waals surface area contributed by atoms with Gasteiger partial charge >= 0.3 is 0 Å². The maximum atomic E-state index is 13.8. The Kier molecular flexibility index (Phi) is 6.77. The van der Waals surface area contributed by atoms with Gasteiger partial charge < -0.3 is 19.0 Å². The van der Waals surface area contributed by atoms with E-state index >= 15 is 0 Å². The highest BCUT2D eigenvalue weighted by Gasteiger charge is 2.28. The van der Waals surface area contributed by atoms with E-state index in [1.807, 2.05) is 39.0 Å². The lowest BCUT2D eigenvalue weighted by atomic mass is 10.0. The van der Waals surface area contributed by atoms with Crippen LogP contribution < -0.4 is 15.9 Å². The largest absolute Gasteiger partial charge is 0.455 e. The summed E-state index contributed by atoms with van der Waals surface area (Å²) in [7, 11) is -1.15. The molecule has 3 aromatic heterocycles. The van der Waals surface area contributed by atoms with Gasteiger partial charge in [0.1, 0.15) is 11.3 Å². The lowest BCUT2D eigenvalue weighted by Crippen LogP contribution is -2.24. The standard InChI is InChI=1S/C30H29N3O6S/c1-18-9-11-22(12-10-18)40(37,38)33-21(17-34)13-24-25(15-32(5)30(36)28(24)33)23-14-27(35)31(4)16-26(23)39-29-19(2)7-6-8-20(29)3/h6-16,34H,17H2,1-5H3. The summed E-state index contributed by atoms with van der Waals surface area (Å²) in [5.41, 5.74) is 2.43. The molecule has 3 heterocycles. The van der Waals surface area contributed by atoms with Crippen LogP contribution in [0.4, 0.5) is 0 Å². The van der Waals surface area contributed by atoms with Gasteiger partial charge in [-0.2, -0.15) is 0 Å². The first kappa shape index (κ1) is 27.2. The number of rotatable bonds is 6. The van der Waals surface area contributed by atoms with Crippen molar-refractivity contribution in [2.45, 2.75) is 32.3 Å². The molecule has 5 rings (SSSR count). The summed E-state index contributed by atoms with van der Waals surface area (Å²) < 4.78 is 37.6. The molecule has 0 spiro atoms. The van der Waals surface area contributed by atoms with E-state index in [9.17, 15) is 23.1 Å². The van der Waals surface area contributed by atoms with Crippen molar-refractivity contribution in [3.63, 3.8) is 0 Å². The number of pyridine rings is 2. The van der Waals surface area contributed by atoms with Crippen LogP contribution in [0.25, 0.3) is 22.0 Å². The first-order chi connectivity index (χ1) is 18.9. The van der Waals surface area contributed by atoms with E-state index in [1.54, 1.807) is 31.6 Å². The van der Waals surface area contributed by atoms with Gasteiger partial charge in [0.15, 0.2) is 5.75 Å². The number of aryl methyl sites for hydroxylation is 5. The molecule has 0 unspecified atom stereocenters. The van der Waals surface area contributed by atoms with E-state index in [0.717, 1.165) is 20.7 Å². The zero-order valence-corrected chi connectivity index (χ0v) is 23.6. The molecule has 5 aromatic rings. The van der Waals surface area contributed by atoms with Crippen LogP contribution in [0.5, 0.6) is 11.5 Å². The SMILES string of the molecule is Cc1ccc(S(=O)(=O)n2c(CO)cc3c(-c4cc(=O)n(C)cc4Oc4c(C)cccc4C)cn(C)c(=O)c32)cc1. The molecular weight excluding hydrogens is 530 g/mol. The monoisotopic (exact) mass is 559 g/mol. The Hall–Kier alpha value is -4.41. The van der Waals surface area contributed by atoms with E-state index < -0.39 is 22.2 Å². The minimum atomic E-state index is -4.26. The highest BCUT2D eigenvalue weighted by atomic mass is 32.2. The van der Waals surface area contributed by atoms with Crippen LogP contribution in [-0.2, 0) is 30.7 Å². The van der Waals surface area contributed by atoms with Crippen molar-refractivity contribution in [3.05, 3.63) is 110 Å². The van der Waals surface area contributed by atoms with Crippen LogP contribution in [-0.4, -0.2) is 26.6 Å². The second kappa shape index (κ2) is 9.96. The normalized spacial score (nSPS) is 11.8. The van der Waals surface area contributed by atoms with Crippen molar-refractivity contribution in [1.29, 1.82) is 0 Å². The van der Waals surface area contributed by atoms with Crippen molar-refractivity contribution in [2.75, 3.05) is 0 Å². The predicted molar refractivity (Wildman–Crippen MR) is 154 cm³/mol. The second-order valence-electron chi connectivity index (χ2n) is 9.92. The summed E-state index contributed by atoms with van der Waals surface area (Å²) in [4.78, 5) is 26.3. The number of hydrogen-bond donors (Lipinski definition) is 1. The molecule has 9 nitrogen and oxygen atoms in total. The first-order valence-corrected chi connectivity index (χ1v) is 14.0. The molecule has 10 heteroatoms. The van der Waals surface area contributed by atoms with Crippen LogP contribution in [0, 0.1) is 20.8 Å². The highest BCUT2D eigenvalue weighted by molar-refractivity contribution is 7.90. The van der Waals surface area contributed by atoms with Gasteiger partial charge in [-0.1, -0.05) is 35.9 Å². The minimum absolute atomic E-state index is 0.0150. The number of fused-ring (bicyclic) bond motifs is 1. The number of para-hydroxylation sites is 1. The molecule has 0 aliphatic rings. The fraction of sp³-hybridized carbons (Fsp3) is 0.200. The molecule has 0 aliphatic heterocycles. The molecule has 0 radical (unpaired) electrons. The fourth-order valence-electron chi connectivity index (χ4n) is 4.82. The van der Waals surface area contributed by atoms with Gasteiger partial charge in [-0.3, -0.25) is 9.59 Å². The molecule has 0 saturated heterocycles. The first-order valence-electron chi connectivity index (χ1n) is 12.6. The third-order valence-corrected chi connectivity index (χ3v) is 8.76. The molecule has 0 atom stereocenters. The maximum Gasteiger partial charge on any atom is 0.275 e. The zero-order chi connectivity index (χ0) is 28.9. The van der Waals surface area contributed by atoms with Crippen LogP contribution in [0.15, 0.2) is 81.5 Å². The van der Waals surface area contributed by atoms with Crippen LogP contribution in [0.3, 0.4) is 0 Å². The van der Waals surface area contributed by atoms with Gasteiger partial charge in [0.05, 0.1) is 23.4 Å². The summed E-state index contributed by atoms with van der Waals surface area (Å²) in [6, 6.07) is 14.9. The molecule has 0 fully saturated rings. The number of hydrogen-bond acceptors (Lipinski definition) is 6. The van der Waals surface area contributed by atoms with Gasteiger partial charge in [-0.25, -0.2) is 12.4 Å². The zero-order valence-electron chi connectivity index (χ0n) is 22.8. The van der Waals surface area contributed by atoms with E-state index in [0.29, 0.717) is 22.6 Å². The van der Waals surface area contributed by atoms with Gasteiger partial charge in [0.25, 0.3) is 21.1 Å². The van der Waals surface area contributed by atoms with E-state index in [2.05, 4.69) is 0 Å². The Bertz CT molecular complexity index is 2000. The summed E-state index contributed by atoms with van der Waals surface area (Å²) in [6.45, 7) is 5.03. The average Bonchev–Trinajstić information content (AvgIpc) is 3.32. The molecule has 206 valence electrons. The van der Waals surface area contributed by atoms with Crippen LogP contribution in [0.1, 0.15) is 22.4 Å². The van der Waals surface area contributed by atoms with E-state index in [-0.39, 0.29) is 27.1 Å². The van der Waals surface area contributed by atoms with Crippen molar-refractivity contribution < 1.29 is 18.3 Å². The van der Waals surface area contributed by atoms with Gasteiger partial charge in [-0.05, 0) is 50.1 Å². The molecule has 1 N–H and O–H groups in total. The van der Waals surface area contributed by atoms with E-state index in [1.165, 1.54) is 40.4 Å². The Morgan fingerprint density at radius 1 is 0.850 bits per heavy atom. The number of ether oxygens (including phenoxy) is 1. The second-order valence-corrected chi connectivity index (χ2v) is 11.7. The Morgan fingerprint density at radius 3 is 2.12 bits per heavy atom. The molecule has 0 bridgehead atoms. The van der Waals surface area contributed by atoms with Gasteiger partial charge in [0.2, 0.25) is 0 Å². The minimum Gasteiger partial charge on any atom is -0.455 e. The third kappa shape index (κ3) is 4.44. The topological polar surface area (TPSA) is 113 Å². The van der Waals surface area contributed by atoms with Crippen molar-refractivity contribution in [3.8, 4) is 22.6 Å². The lowest BCUT2D eigenvalue weighted by Gasteiger charge is -2.17. The lowest BCUT2D eigenvalue weighted by molar-refractivity contribution is 0.276. The fourth-order valence-corrected chi connectivity index (χ4v) is 6.35. The van der Waals surface area contributed by atoms with Gasteiger partial charge in [-0.15, -0.1) is 0 Å². The van der Waals surface area contributed by atoms with Crippen LogP contribution in [0.2, 0.25) is 0 Å². The molecule has 2 aromatic carbocycles. The quantitative estimate of drug-likeness (QED) is 0.335. The molecule has 0 aliphatic carbocycles. The smallest absolute Gasteiger partial charge is 0.275 e. The number of benzene rings is 2. The predicted octanol–water partition coefficient (Wildman–Crippen LogP) is 4.15. The Morgan fingerprint density at radius 2 is 1.50 bits per heavy atom.